The molecule has 2 amide bonds. The van der Waals surface area contributed by atoms with Crippen LogP contribution in [0.4, 0.5) is 5.69 Å². The summed E-state index contributed by atoms with van der Waals surface area (Å²) in [4.78, 5) is 38.1. The Morgan fingerprint density at radius 1 is 1.22 bits per heavy atom. The molecule has 1 N–H and O–H groups in total. The maximum absolute atomic E-state index is 13.0. The molecule has 170 valence electrons. The van der Waals surface area contributed by atoms with Crippen LogP contribution in [0.15, 0.2) is 42.5 Å². The first-order valence-corrected chi connectivity index (χ1v) is 10.8. The van der Waals surface area contributed by atoms with E-state index in [2.05, 4.69) is 5.32 Å². The van der Waals surface area contributed by atoms with Crippen molar-refractivity contribution >= 4 is 17.5 Å². The number of benzene rings is 2. The SMILES string of the molecule is Cc1cc(C(=O)N2CCCC2C(=O)NCc2ccccc2COC(C)C)ccc1[N+](=O)[O-]. The Kier molecular flexibility index (Phi) is 7.58. The van der Waals surface area contributed by atoms with Crippen LogP contribution in [-0.2, 0) is 22.7 Å². The fourth-order valence-electron chi connectivity index (χ4n) is 3.87. The quantitative estimate of drug-likeness (QED) is 0.499. The largest absolute Gasteiger partial charge is 0.374 e. The van der Waals surface area contributed by atoms with Gasteiger partial charge in [0.2, 0.25) is 5.91 Å². The van der Waals surface area contributed by atoms with E-state index in [9.17, 15) is 19.7 Å². The lowest BCUT2D eigenvalue weighted by molar-refractivity contribution is -0.385. The number of amides is 2. The van der Waals surface area contributed by atoms with Crippen LogP contribution in [0.2, 0.25) is 0 Å². The normalized spacial score (nSPS) is 15.8. The summed E-state index contributed by atoms with van der Waals surface area (Å²) in [5.41, 5.74) is 2.73. The molecule has 0 spiro atoms. The Bertz CT molecular complexity index is 1000. The Balaban J connectivity index is 1.67. The molecule has 2 aromatic rings. The van der Waals surface area contributed by atoms with Crippen molar-refractivity contribution in [1.29, 1.82) is 0 Å². The van der Waals surface area contributed by atoms with Crippen LogP contribution in [0.25, 0.3) is 0 Å². The highest BCUT2D eigenvalue weighted by atomic mass is 16.6. The van der Waals surface area contributed by atoms with Crippen LogP contribution < -0.4 is 5.32 Å². The van der Waals surface area contributed by atoms with Gasteiger partial charge >= 0.3 is 0 Å². The fraction of sp³-hybridized carbons (Fsp3) is 0.417. The Morgan fingerprint density at radius 3 is 2.59 bits per heavy atom. The minimum atomic E-state index is -0.558. The molecule has 0 saturated carbocycles. The van der Waals surface area contributed by atoms with Gasteiger partial charge < -0.3 is 15.0 Å². The number of carbonyl (C=O) groups excluding carboxylic acids is 2. The van der Waals surface area contributed by atoms with E-state index in [1.165, 1.54) is 18.2 Å². The highest BCUT2D eigenvalue weighted by Gasteiger charge is 2.34. The number of rotatable bonds is 8. The predicted octanol–water partition coefficient (Wildman–Crippen LogP) is 3.75. The van der Waals surface area contributed by atoms with E-state index in [1.54, 1.807) is 11.8 Å². The van der Waals surface area contributed by atoms with Crippen LogP contribution in [0.1, 0.15) is 53.7 Å². The molecule has 32 heavy (non-hydrogen) atoms. The average Bonchev–Trinajstić information content (AvgIpc) is 3.25. The topological polar surface area (TPSA) is 102 Å². The van der Waals surface area contributed by atoms with Gasteiger partial charge in [-0.15, -0.1) is 0 Å². The van der Waals surface area contributed by atoms with E-state index in [0.717, 1.165) is 17.5 Å². The van der Waals surface area contributed by atoms with Gasteiger partial charge in [-0.3, -0.25) is 19.7 Å². The van der Waals surface area contributed by atoms with Gasteiger partial charge in [0.1, 0.15) is 6.04 Å². The molecule has 0 radical (unpaired) electrons. The minimum absolute atomic E-state index is 0.0302. The lowest BCUT2D eigenvalue weighted by Crippen LogP contribution is -2.45. The summed E-state index contributed by atoms with van der Waals surface area (Å²) in [5, 5.41) is 14.0. The average molecular weight is 440 g/mol. The van der Waals surface area contributed by atoms with E-state index in [-0.39, 0.29) is 23.6 Å². The van der Waals surface area contributed by atoms with Gasteiger partial charge in [0.15, 0.2) is 0 Å². The van der Waals surface area contributed by atoms with Gasteiger partial charge in [-0.2, -0.15) is 0 Å². The van der Waals surface area contributed by atoms with Crippen molar-refractivity contribution in [2.75, 3.05) is 6.54 Å². The van der Waals surface area contributed by atoms with Gasteiger partial charge in [0.25, 0.3) is 11.6 Å². The Labute approximate surface area is 187 Å². The molecule has 1 heterocycles. The maximum atomic E-state index is 13.0. The molecule has 1 aliphatic heterocycles. The minimum Gasteiger partial charge on any atom is -0.374 e. The molecule has 1 saturated heterocycles. The highest BCUT2D eigenvalue weighted by Crippen LogP contribution is 2.24. The van der Waals surface area contributed by atoms with E-state index < -0.39 is 11.0 Å². The summed E-state index contributed by atoms with van der Waals surface area (Å²) in [6.45, 7) is 6.85. The maximum Gasteiger partial charge on any atom is 0.272 e. The zero-order valence-corrected chi connectivity index (χ0v) is 18.7. The van der Waals surface area contributed by atoms with Crippen molar-refractivity contribution in [3.8, 4) is 0 Å². The third kappa shape index (κ3) is 5.50. The molecule has 0 aliphatic carbocycles. The molecule has 1 aliphatic rings. The molecule has 3 rings (SSSR count). The van der Waals surface area contributed by atoms with Gasteiger partial charge in [-0.25, -0.2) is 0 Å². The third-order valence-corrected chi connectivity index (χ3v) is 5.60. The van der Waals surface area contributed by atoms with Crippen LogP contribution in [0, 0.1) is 17.0 Å². The van der Waals surface area contributed by atoms with Crippen molar-refractivity contribution in [3.63, 3.8) is 0 Å². The molecule has 8 heteroatoms. The number of hydrogen-bond donors (Lipinski definition) is 1. The van der Waals surface area contributed by atoms with E-state index in [0.29, 0.717) is 37.2 Å². The number of nitrogens with zero attached hydrogens (tertiary/aromatic N) is 2. The number of hydrogen-bond acceptors (Lipinski definition) is 5. The van der Waals surface area contributed by atoms with Crippen molar-refractivity contribution < 1.29 is 19.2 Å². The van der Waals surface area contributed by atoms with Gasteiger partial charge in [0, 0.05) is 30.3 Å². The number of carbonyl (C=O) groups is 2. The van der Waals surface area contributed by atoms with E-state index in [1.807, 2.05) is 38.1 Å². The first-order chi connectivity index (χ1) is 15.3. The summed E-state index contributed by atoms with van der Waals surface area (Å²) in [6.07, 6.45) is 1.43. The second kappa shape index (κ2) is 10.4. The lowest BCUT2D eigenvalue weighted by Gasteiger charge is -2.24. The molecular formula is C24H29N3O5. The number of aryl methyl sites for hydroxylation is 1. The van der Waals surface area contributed by atoms with Crippen molar-refractivity contribution in [3.05, 3.63) is 74.8 Å². The number of ether oxygens (including phenoxy) is 1. The second-order valence-corrected chi connectivity index (χ2v) is 8.26. The van der Waals surface area contributed by atoms with Crippen LogP contribution >= 0.6 is 0 Å². The van der Waals surface area contributed by atoms with Gasteiger partial charge in [0.05, 0.1) is 17.6 Å². The molecule has 0 aromatic heterocycles. The summed E-state index contributed by atoms with van der Waals surface area (Å²) < 4.78 is 5.70. The molecule has 2 aromatic carbocycles. The molecular weight excluding hydrogens is 410 g/mol. The van der Waals surface area contributed by atoms with E-state index >= 15 is 0 Å². The molecule has 0 bridgehead atoms. The fourth-order valence-corrected chi connectivity index (χ4v) is 3.87. The highest BCUT2D eigenvalue weighted by molar-refractivity contribution is 5.98. The Hall–Kier alpha value is -3.26. The van der Waals surface area contributed by atoms with Crippen molar-refractivity contribution in [2.45, 2.75) is 58.9 Å². The first kappa shape index (κ1) is 23.4. The summed E-state index contributed by atoms with van der Waals surface area (Å²) in [6, 6.07) is 11.5. The first-order valence-electron chi connectivity index (χ1n) is 10.8. The number of nitrogens with one attached hydrogen (secondary N) is 1. The van der Waals surface area contributed by atoms with Gasteiger partial charge in [-0.1, -0.05) is 24.3 Å². The molecule has 1 unspecified atom stereocenters. The summed E-state index contributed by atoms with van der Waals surface area (Å²) >= 11 is 0. The zero-order valence-electron chi connectivity index (χ0n) is 18.7. The smallest absolute Gasteiger partial charge is 0.272 e. The zero-order chi connectivity index (χ0) is 23.3. The Morgan fingerprint density at radius 2 is 1.94 bits per heavy atom. The van der Waals surface area contributed by atoms with Crippen molar-refractivity contribution in [2.24, 2.45) is 0 Å². The molecule has 1 fully saturated rings. The van der Waals surface area contributed by atoms with Crippen LogP contribution in [0.3, 0.4) is 0 Å². The second-order valence-electron chi connectivity index (χ2n) is 8.26. The predicted molar refractivity (Wildman–Crippen MR) is 120 cm³/mol. The lowest BCUT2D eigenvalue weighted by atomic mass is 10.1. The monoisotopic (exact) mass is 439 g/mol. The van der Waals surface area contributed by atoms with Crippen LogP contribution in [0.5, 0.6) is 0 Å². The third-order valence-electron chi connectivity index (χ3n) is 5.60. The summed E-state index contributed by atoms with van der Waals surface area (Å²) in [5.74, 6) is -0.486. The van der Waals surface area contributed by atoms with Crippen LogP contribution in [-0.4, -0.2) is 40.3 Å². The van der Waals surface area contributed by atoms with E-state index in [4.69, 9.17) is 4.74 Å². The molecule has 1 atom stereocenters. The number of nitro groups is 1. The number of nitro benzene ring substituents is 1. The van der Waals surface area contributed by atoms with Gasteiger partial charge in [-0.05, 0) is 56.9 Å². The summed E-state index contributed by atoms with van der Waals surface area (Å²) in [7, 11) is 0. The number of likely N-dealkylation sites (tertiary alicyclic amines) is 1. The van der Waals surface area contributed by atoms with Crippen molar-refractivity contribution in [1.82, 2.24) is 10.2 Å². The standard InChI is InChI=1S/C24H29N3O5/c1-16(2)32-15-20-8-5-4-7-19(20)14-25-23(28)22-9-6-12-26(22)24(29)18-10-11-21(27(30)31)17(3)13-18/h4-5,7-8,10-11,13,16,22H,6,9,12,14-15H2,1-3H3,(H,25,28). The molecule has 8 nitrogen and oxygen atoms in total.